The number of piperidine rings is 1. The van der Waals surface area contributed by atoms with Gasteiger partial charge in [-0.1, -0.05) is 26.7 Å². The normalized spacial score (nSPS) is 34.7. The Bertz CT molecular complexity index is 290. The summed E-state index contributed by atoms with van der Waals surface area (Å²) >= 11 is 0. The van der Waals surface area contributed by atoms with Gasteiger partial charge in [0.2, 0.25) is 0 Å². The second kappa shape index (κ2) is 5.71. The maximum absolute atomic E-state index is 3.49. The number of rotatable bonds is 2. The van der Waals surface area contributed by atoms with Crippen molar-refractivity contribution in [2.45, 2.75) is 58.0 Å². The minimum Gasteiger partial charge on any atom is -0.314 e. The van der Waals surface area contributed by atoms with Crippen LogP contribution in [0.2, 0.25) is 0 Å². The summed E-state index contributed by atoms with van der Waals surface area (Å²) in [6.45, 7) is 12.5. The van der Waals surface area contributed by atoms with Crippen molar-refractivity contribution in [2.24, 2.45) is 5.41 Å². The molecule has 3 nitrogen and oxygen atoms in total. The monoisotopic (exact) mass is 265 g/mol. The van der Waals surface area contributed by atoms with Crippen LogP contribution in [0.1, 0.15) is 46.0 Å². The van der Waals surface area contributed by atoms with E-state index in [1.165, 1.54) is 71.4 Å². The van der Waals surface area contributed by atoms with Crippen LogP contribution in [-0.4, -0.2) is 61.2 Å². The minimum absolute atomic E-state index is 0.493. The first kappa shape index (κ1) is 13.8. The highest BCUT2D eigenvalue weighted by Gasteiger charge is 2.41. The molecule has 0 aromatic rings. The lowest BCUT2D eigenvalue weighted by molar-refractivity contribution is -0.0133. The summed E-state index contributed by atoms with van der Waals surface area (Å²) in [4.78, 5) is 5.59. The smallest absolute Gasteiger partial charge is 0.0275 e. The summed E-state index contributed by atoms with van der Waals surface area (Å²) < 4.78 is 0. The summed E-state index contributed by atoms with van der Waals surface area (Å²) in [5, 5.41) is 3.49. The maximum atomic E-state index is 3.49. The predicted molar refractivity (Wildman–Crippen MR) is 80.5 cm³/mol. The molecule has 19 heavy (non-hydrogen) atoms. The van der Waals surface area contributed by atoms with Crippen molar-refractivity contribution < 1.29 is 0 Å². The molecule has 2 heterocycles. The molecule has 1 aliphatic carbocycles. The van der Waals surface area contributed by atoms with Crippen LogP contribution in [0.5, 0.6) is 0 Å². The van der Waals surface area contributed by atoms with E-state index in [9.17, 15) is 0 Å². The number of hydrogen-bond acceptors (Lipinski definition) is 3. The summed E-state index contributed by atoms with van der Waals surface area (Å²) in [6.07, 6.45) is 7.20. The van der Waals surface area contributed by atoms with Gasteiger partial charge in [-0.2, -0.15) is 0 Å². The fraction of sp³-hybridized carbons (Fsp3) is 1.00. The van der Waals surface area contributed by atoms with Gasteiger partial charge in [-0.05, 0) is 31.2 Å². The standard InChI is InChI=1S/C16H31N3/c1-16(2)7-10-19(14-5-3-4-6-14)13-15(16)18-11-8-17-9-12-18/h14-15,17H,3-13H2,1-2H3. The van der Waals surface area contributed by atoms with Gasteiger partial charge >= 0.3 is 0 Å². The van der Waals surface area contributed by atoms with Gasteiger partial charge < -0.3 is 5.32 Å². The van der Waals surface area contributed by atoms with E-state index in [4.69, 9.17) is 0 Å². The Kier molecular flexibility index (Phi) is 4.16. The van der Waals surface area contributed by atoms with E-state index in [1.54, 1.807) is 0 Å². The highest BCUT2D eigenvalue weighted by molar-refractivity contribution is 4.96. The highest BCUT2D eigenvalue weighted by atomic mass is 15.3. The van der Waals surface area contributed by atoms with Crippen molar-refractivity contribution >= 4 is 0 Å². The quantitative estimate of drug-likeness (QED) is 0.823. The van der Waals surface area contributed by atoms with Crippen LogP contribution in [0.4, 0.5) is 0 Å². The SMILES string of the molecule is CC1(C)CCN(C2CCCC2)CC1N1CCNCC1. The van der Waals surface area contributed by atoms with E-state index in [-0.39, 0.29) is 0 Å². The van der Waals surface area contributed by atoms with Gasteiger partial charge in [-0.3, -0.25) is 9.80 Å². The summed E-state index contributed by atoms with van der Waals surface area (Å²) in [6, 6.07) is 1.67. The molecule has 0 spiro atoms. The summed E-state index contributed by atoms with van der Waals surface area (Å²) in [5.41, 5.74) is 0.493. The highest BCUT2D eigenvalue weighted by Crippen LogP contribution is 2.37. The molecule has 3 heteroatoms. The average Bonchev–Trinajstić information content (AvgIpc) is 2.93. The molecule has 1 saturated carbocycles. The Morgan fingerprint density at radius 3 is 2.32 bits per heavy atom. The van der Waals surface area contributed by atoms with Crippen molar-refractivity contribution in [1.82, 2.24) is 15.1 Å². The third-order valence-corrected chi connectivity index (χ3v) is 5.79. The van der Waals surface area contributed by atoms with E-state index >= 15 is 0 Å². The zero-order valence-corrected chi connectivity index (χ0v) is 12.8. The Labute approximate surface area is 118 Å². The first-order valence-electron chi connectivity index (χ1n) is 8.36. The van der Waals surface area contributed by atoms with Crippen LogP contribution < -0.4 is 5.32 Å². The molecular formula is C16H31N3. The molecule has 1 atom stereocenters. The molecular weight excluding hydrogens is 234 g/mol. The van der Waals surface area contributed by atoms with E-state index in [0.717, 1.165) is 12.1 Å². The largest absolute Gasteiger partial charge is 0.314 e. The number of piperazine rings is 1. The van der Waals surface area contributed by atoms with Crippen molar-refractivity contribution in [1.29, 1.82) is 0 Å². The van der Waals surface area contributed by atoms with E-state index < -0.39 is 0 Å². The van der Waals surface area contributed by atoms with E-state index in [0.29, 0.717) is 5.41 Å². The average molecular weight is 265 g/mol. The Hall–Kier alpha value is -0.120. The fourth-order valence-corrected chi connectivity index (χ4v) is 4.36. The second-order valence-corrected chi connectivity index (χ2v) is 7.47. The predicted octanol–water partition coefficient (Wildman–Crippen LogP) is 1.93. The lowest BCUT2D eigenvalue weighted by atomic mass is 9.76. The topological polar surface area (TPSA) is 18.5 Å². The van der Waals surface area contributed by atoms with Gasteiger partial charge in [-0.25, -0.2) is 0 Å². The van der Waals surface area contributed by atoms with Crippen LogP contribution in [0.3, 0.4) is 0 Å². The van der Waals surface area contributed by atoms with Crippen LogP contribution >= 0.6 is 0 Å². The Balaban J connectivity index is 1.67. The fourth-order valence-electron chi connectivity index (χ4n) is 4.36. The van der Waals surface area contributed by atoms with Gasteiger partial charge in [0.25, 0.3) is 0 Å². The van der Waals surface area contributed by atoms with Gasteiger partial charge in [-0.15, -0.1) is 0 Å². The molecule has 0 aromatic carbocycles. The molecule has 0 bridgehead atoms. The third kappa shape index (κ3) is 2.98. The van der Waals surface area contributed by atoms with Crippen molar-refractivity contribution in [3.8, 4) is 0 Å². The molecule has 0 aromatic heterocycles. The Morgan fingerprint density at radius 1 is 0.947 bits per heavy atom. The van der Waals surface area contributed by atoms with Crippen LogP contribution in [0, 0.1) is 5.41 Å². The van der Waals surface area contributed by atoms with Crippen LogP contribution in [-0.2, 0) is 0 Å². The van der Waals surface area contributed by atoms with Gasteiger partial charge in [0.15, 0.2) is 0 Å². The number of nitrogens with one attached hydrogen (secondary N) is 1. The molecule has 3 fully saturated rings. The van der Waals surface area contributed by atoms with E-state index in [1.807, 2.05) is 0 Å². The minimum atomic E-state index is 0.493. The lowest BCUT2D eigenvalue weighted by Gasteiger charge is -2.51. The first-order valence-corrected chi connectivity index (χ1v) is 8.36. The number of nitrogens with zero attached hydrogens (tertiary/aromatic N) is 2. The number of likely N-dealkylation sites (tertiary alicyclic amines) is 1. The van der Waals surface area contributed by atoms with E-state index in [2.05, 4.69) is 29.0 Å². The molecule has 1 N–H and O–H groups in total. The molecule has 110 valence electrons. The molecule has 0 amide bonds. The molecule has 2 saturated heterocycles. The zero-order valence-electron chi connectivity index (χ0n) is 12.8. The molecule has 3 aliphatic rings. The zero-order chi connectivity index (χ0) is 13.3. The van der Waals surface area contributed by atoms with Crippen molar-refractivity contribution in [3.63, 3.8) is 0 Å². The van der Waals surface area contributed by atoms with Gasteiger partial charge in [0.1, 0.15) is 0 Å². The Morgan fingerprint density at radius 2 is 1.63 bits per heavy atom. The molecule has 1 unspecified atom stereocenters. The summed E-state index contributed by atoms with van der Waals surface area (Å²) in [5.74, 6) is 0. The van der Waals surface area contributed by atoms with Crippen molar-refractivity contribution in [2.75, 3.05) is 39.3 Å². The lowest BCUT2D eigenvalue weighted by Crippen LogP contribution is -2.61. The van der Waals surface area contributed by atoms with Gasteiger partial charge in [0.05, 0.1) is 0 Å². The summed E-state index contributed by atoms with van der Waals surface area (Å²) in [7, 11) is 0. The van der Waals surface area contributed by atoms with Crippen LogP contribution in [0.15, 0.2) is 0 Å². The van der Waals surface area contributed by atoms with Crippen molar-refractivity contribution in [3.05, 3.63) is 0 Å². The number of hydrogen-bond donors (Lipinski definition) is 1. The second-order valence-electron chi connectivity index (χ2n) is 7.47. The van der Waals surface area contributed by atoms with Gasteiger partial charge in [0, 0.05) is 44.8 Å². The molecule has 3 rings (SSSR count). The molecule has 2 aliphatic heterocycles. The van der Waals surface area contributed by atoms with Crippen LogP contribution in [0.25, 0.3) is 0 Å². The first-order chi connectivity index (χ1) is 9.17. The maximum Gasteiger partial charge on any atom is 0.0275 e. The molecule has 0 radical (unpaired) electrons. The third-order valence-electron chi connectivity index (χ3n) is 5.79.